The average Bonchev–Trinajstić information content (AvgIpc) is 2.75. The highest BCUT2D eigenvalue weighted by Gasteiger charge is 2.20. The predicted molar refractivity (Wildman–Crippen MR) is 115 cm³/mol. The van der Waals surface area contributed by atoms with Crippen LogP contribution in [0.3, 0.4) is 0 Å². The summed E-state index contributed by atoms with van der Waals surface area (Å²) in [4.78, 5) is 2.12. The fourth-order valence-electron chi connectivity index (χ4n) is 2.53. The highest BCUT2D eigenvalue weighted by Crippen LogP contribution is 2.29. The first-order chi connectivity index (χ1) is 14.4. The average molecular weight is 437 g/mol. The molecule has 0 atom stereocenters. The van der Waals surface area contributed by atoms with Crippen molar-refractivity contribution in [1.29, 1.82) is 0 Å². The minimum atomic E-state index is -3.96. The van der Waals surface area contributed by atoms with Crippen LogP contribution in [-0.4, -0.2) is 42.1 Å². The summed E-state index contributed by atoms with van der Waals surface area (Å²) in [5.41, 5.74) is 0.654. The molecule has 9 heteroatoms. The molecule has 0 amide bonds. The van der Waals surface area contributed by atoms with Gasteiger partial charge in [0.15, 0.2) is 11.5 Å². The molecule has 0 aliphatic heterocycles. The van der Waals surface area contributed by atoms with E-state index in [0.717, 1.165) is 12.8 Å². The number of hydrazone groups is 1. The van der Waals surface area contributed by atoms with Gasteiger partial charge in [0.25, 0.3) is 10.0 Å². The number of ether oxygens (including phenoxy) is 4. The Labute approximate surface area is 177 Å². The highest BCUT2D eigenvalue weighted by molar-refractivity contribution is 7.89. The number of hydrogen-bond donors (Lipinski definition) is 1. The first-order valence-electron chi connectivity index (χ1n) is 9.61. The SMILES string of the molecule is CCCCOc1ccc(/C=N/NS(=O)(=O)c2cc(OC)ccc2OC)cc1OCC. The van der Waals surface area contributed by atoms with E-state index in [2.05, 4.69) is 16.9 Å². The summed E-state index contributed by atoms with van der Waals surface area (Å²) in [5, 5.41) is 3.87. The van der Waals surface area contributed by atoms with Gasteiger partial charge in [-0.3, -0.25) is 0 Å². The number of nitrogens with one attached hydrogen (secondary N) is 1. The molecule has 0 radical (unpaired) electrons. The minimum Gasteiger partial charge on any atom is -0.497 e. The van der Waals surface area contributed by atoms with Crippen LogP contribution < -0.4 is 23.8 Å². The van der Waals surface area contributed by atoms with E-state index < -0.39 is 10.0 Å². The minimum absolute atomic E-state index is 0.0730. The molecule has 2 aromatic rings. The number of benzene rings is 2. The molecule has 30 heavy (non-hydrogen) atoms. The van der Waals surface area contributed by atoms with E-state index in [-0.39, 0.29) is 10.6 Å². The molecule has 0 heterocycles. The molecule has 0 unspecified atom stereocenters. The molecule has 8 nitrogen and oxygen atoms in total. The predicted octanol–water partition coefficient (Wildman–Crippen LogP) is 3.59. The van der Waals surface area contributed by atoms with Crippen LogP contribution in [-0.2, 0) is 10.0 Å². The highest BCUT2D eigenvalue weighted by atomic mass is 32.2. The lowest BCUT2D eigenvalue weighted by Crippen LogP contribution is -2.19. The van der Waals surface area contributed by atoms with E-state index in [0.29, 0.717) is 36.0 Å². The molecule has 0 fully saturated rings. The van der Waals surface area contributed by atoms with Gasteiger partial charge in [-0.25, -0.2) is 0 Å². The summed E-state index contributed by atoms with van der Waals surface area (Å²) in [5.74, 6) is 1.80. The van der Waals surface area contributed by atoms with Crippen molar-refractivity contribution in [3.05, 3.63) is 42.0 Å². The van der Waals surface area contributed by atoms with E-state index >= 15 is 0 Å². The molecule has 2 aromatic carbocycles. The Morgan fingerprint density at radius 3 is 2.40 bits per heavy atom. The summed E-state index contributed by atoms with van der Waals surface area (Å²) in [7, 11) is -1.11. The molecule has 0 aliphatic carbocycles. The summed E-state index contributed by atoms with van der Waals surface area (Å²) < 4.78 is 46.9. The van der Waals surface area contributed by atoms with Gasteiger partial charge in [-0.15, -0.1) is 0 Å². The normalized spacial score (nSPS) is 11.3. The molecule has 0 saturated heterocycles. The van der Waals surface area contributed by atoms with E-state index in [1.807, 2.05) is 6.92 Å². The zero-order valence-electron chi connectivity index (χ0n) is 17.7. The number of unbranched alkanes of at least 4 members (excludes halogenated alkanes) is 1. The van der Waals surface area contributed by atoms with Gasteiger partial charge in [0.05, 0.1) is 33.6 Å². The third-order valence-corrected chi connectivity index (χ3v) is 5.31. The first-order valence-corrected chi connectivity index (χ1v) is 11.1. The Morgan fingerprint density at radius 2 is 1.73 bits per heavy atom. The van der Waals surface area contributed by atoms with Crippen LogP contribution in [0.4, 0.5) is 0 Å². The van der Waals surface area contributed by atoms with E-state index in [1.165, 1.54) is 32.6 Å². The topological polar surface area (TPSA) is 95.5 Å². The fourth-order valence-corrected chi connectivity index (χ4v) is 3.51. The van der Waals surface area contributed by atoms with Crippen molar-refractivity contribution in [2.45, 2.75) is 31.6 Å². The van der Waals surface area contributed by atoms with E-state index in [9.17, 15) is 8.42 Å². The Hall–Kier alpha value is -2.94. The van der Waals surface area contributed by atoms with Crippen molar-refractivity contribution in [1.82, 2.24) is 4.83 Å². The second kappa shape index (κ2) is 11.3. The number of sulfonamides is 1. The van der Waals surface area contributed by atoms with Crippen LogP contribution in [0.1, 0.15) is 32.3 Å². The zero-order chi connectivity index (χ0) is 22.0. The third kappa shape index (κ3) is 6.28. The maximum absolute atomic E-state index is 12.6. The number of hydrogen-bond acceptors (Lipinski definition) is 7. The van der Waals surface area contributed by atoms with Gasteiger partial charge < -0.3 is 18.9 Å². The molecule has 0 bridgehead atoms. The van der Waals surface area contributed by atoms with Gasteiger partial charge in [0.2, 0.25) is 0 Å². The quantitative estimate of drug-likeness (QED) is 0.310. The molecule has 1 N–H and O–H groups in total. The lowest BCUT2D eigenvalue weighted by molar-refractivity contribution is 0.272. The van der Waals surface area contributed by atoms with Crippen LogP contribution in [0.2, 0.25) is 0 Å². The lowest BCUT2D eigenvalue weighted by atomic mass is 10.2. The largest absolute Gasteiger partial charge is 0.497 e. The number of nitrogens with zero attached hydrogens (tertiary/aromatic N) is 1. The van der Waals surface area contributed by atoms with Crippen molar-refractivity contribution < 1.29 is 27.4 Å². The maximum Gasteiger partial charge on any atom is 0.280 e. The molecule has 2 rings (SSSR count). The molecule has 0 spiro atoms. The van der Waals surface area contributed by atoms with Crippen molar-refractivity contribution in [3.8, 4) is 23.0 Å². The Bertz CT molecular complexity index is 960. The first kappa shape index (κ1) is 23.3. The summed E-state index contributed by atoms with van der Waals surface area (Å²) in [6.07, 6.45) is 3.37. The van der Waals surface area contributed by atoms with Crippen LogP contribution in [0.5, 0.6) is 23.0 Å². The number of rotatable bonds is 12. The lowest BCUT2D eigenvalue weighted by Gasteiger charge is -2.12. The van der Waals surface area contributed by atoms with Crippen molar-refractivity contribution in [2.24, 2.45) is 5.10 Å². The third-order valence-electron chi connectivity index (χ3n) is 4.07. The second-order valence-electron chi connectivity index (χ2n) is 6.21. The monoisotopic (exact) mass is 436 g/mol. The molecule has 164 valence electrons. The van der Waals surface area contributed by atoms with Gasteiger partial charge in [0.1, 0.15) is 16.4 Å². The van der Waals surface area contributed by atoms with Crippen LogP contribution in [0.15, 0.2) is 46.4 Å². The molecule has 0 saturated carbocycles. The molecular formula is C21H28N2O6S. The smallest absolute Gasteiger partial charge is 0.280 e. The van der Waals surface area contributed by atoms with Crippen molar-refractivity contribution >= 4 is 16.2 Å². The van der Waals surface area contributed by atoms with Gasteiger partial charge in [0, 0.05) is 6.07 Å². The second-order valence-corrected chi connectivity index (χ2v) is 7.84. The molecule has 0 aromatic heterocycles. The van der Waals surface area contributed by atoms with Gasteiger partial charge >= 0.3 is 0 Å². The zero-order valence-corrected chi connectivity index (χ0v) is 18.5. The fraction of sp³-hybridized carbons (Fsp3) is 0.381. The molecular weight excluding hydrogens is 408 g/mol. The molecule has 0 aliphatic rings. The Morgan fingerprint density at radius 1 is 0.967 bits per heavy atom. The van der Waals surface area contributed by atoms with Crippen molar-refractivity contribution in [3.63, 3.8) is 0 Å². The summed E-state index contributed by atoms with van der Waals surface area (Å²) in [6.45, 7) is 5.06. The van der Waals surface area contributed by atoms with Gasteiger partial charge in [-0.05, 0) is 49.2 Å². The number of methoxy groups -OCH3 is 2. The van der Waals surface area contributed by atoms with Crippen molar-refractivity contribution in [2.75, 3.05) is 27.4 Å². The maximum atomic E-state index is 12.6. The van der Waals surface area contributed by atoms with E-state index in [4.69, 9.17) is 18.9 Å². The van der Waals surface area contributed by atoms with Crippen LogP contribution in [0.25, 0.3) is 0 Å². The Balaban J connectivity index is 2.18. The van der Waals surface area contributed by atoms with Crippen LogP contribution >= 0.6 is 0 Å². The van der Waals surface area contributed by atoms with Gasteiger partial charge in [-0.2, -0.15) is 18.4 Å². The van der Waals surface area contributed by atoms with Crippen LogP contribution in [0, 0.1) is 0 Å². The van der Waals surface area contributed by atoms with Gasteiger partial charge in [-0.1, -0.05) is 13.3 Å². The summed E-state index contributed by atoms with van der Waals surface area (Å²) in [6, 6.07) is 9.79. The Kier molecular flexibility index (Phi) is 8.79. The van der Waals surface area contributed by atoms with E-state index in [1.54, 1.807) is 24.3 Å². The summed E-state index contributed by atoms with van der Waals surface area (Å²) >= 11 is 0. The standard InChI is InChI=1S/C21H28N2O6S/c1-5-7-12-29-18-10-8-16(13-20(18)28-6-2)15-22-23-30(24,25)21-14-17(26-3)9-11-19(21)27-4/h8-11,13-15,23H,5-7,12H2,1-4H3/b22-15+.